The van der Waals surface area contributed by atoms with Gasteiger partial charge < -0.3 is 10.6 Å². The first-order valence-electron chi connectivity index (χ1n) is 8.20. The molecule has 0 aliphatic rings. The molecule has 0 bridgehead atoms. The number of alkyl halides is 3. The van der Waals surface area contributed by atoms with E-state index in [1.807, 2.05) is 13.8 Å². The number of carbonyl (C=O) groups is 2. The smallest absolute Gasteiger partial charge is 0.350 e. The van der Waals surface area contributed by atoms with Crippen molar-refractivity contribution in [2.75, 3.05) is 5.32 Å². The Labute approximate surface area is 159 Å². The molecule has 1 unspecified atom stereocenters. The van der Waals surface area contributed by atoms with Gasteiger partial charge >= 0.3 is 6.18 Å². The van der Waals surface area contributed by atoms with Gasteiger partial charge in [0.05, 0.1) is 10.6 Å². The van der Waals surface area contributed by atoms with Gasteiger partial charge in [-0.2, -0.15) is 13.2 Å². The Morgan fingerprint density at radius 3 is 2.11 bits per heavy atom. The van der Waals surface area contributed by atoms with Gasteiger partial charge in [-0.3, -0.25) is 9.59 Å². The van der Waals surface area contributed by atoms with Crippen LogP contribution in [-0.4, -0.2) is 17.9 Å². The molecule has 0 aliphatic heterocycles. The van der Waals surface area contributed by atoms with Gasteiger partial charge in [-0.25, -0.2) is 0 Å². The lowest BCUT2D eigenvalue weighted by Crippen LogP contribution is -2.31. The normalized spacial score (nSPS) is 12.4. The summed E-state index contributed by atoms with van der Waals surface area (Å²) in [5, 5.41) is 4.74. The van der Waals surface area contributed by atoms with Crippen LogP contribution < -0.4 is 10.6 Å². The fourth-order valence-corrected chi connectivity index (χ4v) is 2.43. The van der Waals surface area contributed by atoms with Crippen molar-refractivity contribution in [3.05, 3.63) is 64.2 Å². The molecule has 8 heteroatoms. The Hall–Kier alpha value is -2.54. The summed E-state index contributed by atoms with van der Waals surface area (Å²) in [6, 6.07) is 8.97. The van der Waals surface area contributed by atoms with E-state index in [1.54, 1.807) is 0 Å². The van der Waals surface area contributed by atoms with E-state index >= 15 is 0 Å². The molecule has 0 spiro atoms. The molecule has 0 aliphatic carbocycles. The van der Waals surface area contributed by atoms with Gasteiger partial charge in [0.2, 0.25) is 0 Å². The van der Waals surface area contributed by atoms with Crippen molar-refractivity contribution in [1.29, 1.82) is 0 Å². The molecule has 144 valence electrons. The van der Waals surface area contributed by atoms with E-state index < -0.39 is 22.7 Å². The van der Waals surface area contributed by atoms with Crippen LogP contribution >= 0.6 is 11.6 Å². The molecule has 0 saturated heterocycles. The SMILES string of the molecule is CCC(C)NC(=O)c1ccc(C(=O)Nc2ccc(Cl)c(C(F)(F)F)c2)cc1. The van der Waals surface area contributed by atoms with Crippen molar-refractivity contribution in [1.82, 2.24) is 5.32 Å². The van der Waals surface area contributed by atoms with E-state index in [2.05, 4.69) is 10.6 Å². The predicted molar refractivity (Wildman–Crippen MR) is 98.1 cm³/mol. The zero-order valence-electron chi connectivity index (χ0n) is 14.7. The molecule has 27 heavy (non-hydrogen) atoms. The third-order valence-electron chi connectivity index (χ3n) is 3.93. The van der Waals surface area contributed by atoms with Gasteiger partial charge in [0.15, 0.2) is 0 Å². The van der Waals surface area contributed by atoms with Gasteiger partial charge in [0, 0.05) is 22.9 Å². The second-order valence-electron chi connectivity index (χ2n) is 6.01. The Bertz CT molecular complexity index is 836. The highest BCUT2D eigenvalue weighted by atomic mass is 35.5. The zero-order valence-corrected chi connectivity index (χ0v) is 15.4. The highest BCUT2D eigenvalue weighted by molar-refractivity contribution is 6.31. The fraction of sp³-hybridized carbons (Fsp3) is 0.263. The summed E-state index contributed by atoms with van der Waals surface area (Å²) in [5.74, 6) is -0.858. The van der Waals surface area contributed by atoms with Crippen molar-refractivity contribution in [2.45, 2.75) is 32.5 Å². The average Bonchev–Trinajstić information content (AvgIpc) is 2.62. The minimum atomic E-state index is -4.62. The number of amides is 2. The maximum Gasteiger partial charge on any atom is 0.417 e. The van der Waals surface area contributed by atoms with Gasteiger partial charge in [0.25, 0.3) is 11.8 Å². The monoisotopic (exact) mass is 398 g/mol. The molecule has 0 radical (unpaired) electrons. The molecular formula is C19H18ClF3N2O2. The largest absolute Gasteiger partial charge is 0.417 e. The van der Waals surface area contributed by atoms with Crippen LogP contribution in [0.1, 0.15) is 46.5 Å². The van der Waals surface area contributed by atoms with Gasteiger partial charge in [-0.05, 0) is 55.8 Å². The maximum absolute atomic E-state index is 12.9. The van der Waals surface area contributed by atoms with Crippen molar-refractivity contribution in [3.63, 3.8) is 0 Å². The first-order chi connectivity index (χ1) is 12.6. The number of halogens is 4. The number of hydrogen-bond acceptors (Lipinski definition) is 2. The molecular weight excluding hydrogens is 381 g/mol. The Morgan fingerprint density at radius 1 is 1.04 bits per heavy atom. The molecule has 2 aromatic carbocycles. The minimum absolute atomic E-state index is 0.0215. The van der Waals surface area contributed by atoms with Crippen molar-refractivity contribution < 1.29 is 22.8 Å². The molecule has 0 aromatic heterocycles. The van der Waals surface area contributed by atoms with Crippen LogP contribution in [0.3, 0.4) is 0 Å². The lowest BCUT2D eigenvalue weighted by Gasteiger charge is -2.12. The number of rotatable bonds is 5. The van der Waals surface area contributed by atoms with Gasteiger partial charge in [-0.15, -0.1) is 0 Å². The average molecular weight is 399 g/mol. The highest BCUT2D eigenvalue weighted by Crippen LogP contribution is 2.36. The van der Waals surface area contributed by atoms with Crippen LogP contribution in [0, 0.1) is 0 Å². The van der Waals surface area contributed by atoms with Crippen LogP contribution in [-0.2, 0) is 6.18 Å². The maximum atomic E-state index is 12.9. The molecule has 2 rings (SSSR count). The number of carbonyl (C=O) groups excluding carboxylic acids is 2. The number of hydrogen-bond donors (Lipinski definition) is 2. The van der Waals surface area contributed by atoms with Crippen LogP contribution in [0.15, 0.2) is 42.5 Å². The molecule has 2 N–H and O–H groups in total. The first kappa shape index (κ1) is 20.8. The summed E-state index contributed by atoms with van der Waals surface area (Å²) in [6.07, 6.45) is -3.84. The van der Waals surface area contributed by atoms with E-state index in [1.165, 1.54) is 30.3 Å². The molecule has 2 aromatic rings. The van der Waals surface area contributed by atoms with Gasteiger partial charge in [-0.1, -0.05) is 18.5 Å². The van der Waals surface area contributed by atoms with Crippen LogP contribution in [0.4, 0.5) is 18.9 Å². The summed E-state index contributed by atoms with van der Waals surface area (Å²) in [4.78, 5) is 24.3. The number of nitrogens with one attached hydrogen (secondary N) is 2. The summed E-state index contributed by atoms with van der Waals surface area (Å²) in [5.41, 5.74) is -0.467. The van der Waals surface area contributed by atoms with E-state index in [0.29, 0.717) is 5.56 Å². The van der Waals surface area contributed by atoms with Crippen LogP contribution in [0.2, 0.25) is 5.02 Å². The Kier molecular flexibility index (Phi) is 6.49. The van der Waals surface area contributed by atoms with E-state index in [-0.39, 0.29) is 23.2 Å². The van der Waals surface area contributed by atoms with E-state index in [4.69, 9.17) is 11.6 Å². The lowest BCUT2D eigenvalue weighted by atomic mass is 10.1. The zero-order chi connectivity index (χ0) is 20.2. The van der Waals surface area contributed by atoms with Crippen molar-refractivity contribution >= 4 is 29.1 Å². The Balaban J connectivity index is 2.12. The Morgan fingerprint density at radius 2 is 1.59 bits per heavy atom. The lowest BCUT2D eigenvalue weighted by molar-refractivity contribution is -0.137. The molecule has 0 heterocycles. The fourth-order valence-electron chi connectivity index (χ4n) is 2.21. The van der Waals surface area contributed by atoms with Crippen molar-refractivity contribution in [2.24, 2.45) is 0 Å². The second kappa shape index (κ2) is 8.43. The molecule has 0 fully saturated rings. The number of benzene rings is 2. The molecule has 4 nitrogen and oxygen atoms in total. The topological polar surface area (TPSA) is 58.2 Å². The minimum Gasteiger partial charge on any atom is -0.350 e. The first-order valence-corrected chi connectivity index (χ1v) is 8.58. The van der Waals surface area contributed by atoms with Crippen molar-refractivity contribution in [3.8, 4) is 0 Å². The summed E-state index contributed by atoms with van der Waals surface area (Å²) < 4.78 is 38.7. The highest BCUT2D eigenvalue weighted by Gasteiger charge is 2.33. The summed E-state index contributed by atoms with van der Waals surface area (Å²) >= 11 is 5.56. The summed E-state index contributed by atoms with van der Waals surface area (Å²) in [7, 11) is 0. The van der Waals surface area contributed by atoms with E-state index in [9.17, 15) is 22.8 Å². The molecule has 1 atom stereocenters. The predicted octanol–water partition coefficient (Wildman–Crippen LogP) is 5.14. The standard InChI is InChI=1S/C19H18ClF3N2O2/c1-3-11(2)24-17(26)12-4-6-13(7-5-12)18(27)25-14-8-9-16(20)15(10-14)19(21,22)23/h4-11H,3H2,1-2H3,(H,24,26)(H,25,27). The number of anilines is 1. The summed E-state index contributed by atoms with van der Waals surface area (Å²) in [6.45, 7) is 3.82. The third-order valence-corrected chi connectivity index (χ3v) is 4.26. The van der Waals surface area contributed by atoms with E-state index in [0.717, 1.165) is 18.6 Å². The third kappa shape index (κ3) is 5.47. The molecule has 2 amide bonds. The second-order valence-corrected chi connectivity index (χ2v) is 6.41. The molecule has 0 saturated carbocycles. The quantitative estimate of drug-likeness (QED) is 0.732. The van der Waals surface area contributed by atoms with Crippen LogP contribution in [0.5, 0.6) is 0 Å². The van der Waals surface area contributed by atoms with Gasteiger partial charge in [0.1, 0.15) is 0 Å². The van der Waals surface area contributed by atoms with Crippen LogP contribution in [0.25, 0.3) is 0 Å².